The Morgan fingerprint density at radius 2 is 1.61 bits per heavy atom. The Balaban J connectivity index is 1.81. The van der Waals surface area contributed by atoms with E-state index in [0.29, 0.717) is 24.6 Å². The van der Waals surface area contributed by atoms with Crippen LogP contribution < -0.4 is 14.4 Å². The Bertz CT molecular complexity index is 1330. The number of carbonyl (C=O) groups is 2. The normalized spacial score (nSPS) is 11.9. The minimum absolute atomic E-state index is 0.169. The van der Waals surface area contributed by atoms with E-state index in [1.807, 2.05) is 61.5 Å². The highest BCUT2D eigenvalue weighted by Gasteiger charge is 2.30. The predicted molar refractivity (Wildman–Crippen MR) is 149 cm³/mol. The van der Waals surface area contributed by atoms with Crippen molar-refractivity contribution < 1.29 is 22.7 Å². The maximum atomic E-state index is 13.6. The molecule has 1 atom stereocenters. The summed E-state index contributed by atoms with van der Waals surface area (Å²) in [5, 5.41) is 2.74. The van der Waals surface area contributed by atoms with Gasteiger partial charge in [0.25, 0.3) is 0 Å². The van der Waals surface area contributed by atoms with Gasteiger partial charge in [-0.05, 0) is 56.2 Å². The third kappa shape index (κ3) is 8.08. The fraction of sp³-hybridized carbons (Fsp3) is 0.310. The molecule has 202 valence electrons. The van der Waals surface area contributed by atoms with Crippen molar-refractivity contribution in [3.05, 3.63) is 95.6 Å². The highest BCUT2D eigenvalue weighted by molar-refractivity contribution is 7.92. The largest absolute Gasteiger partial charge is 0.489 e. The summed E-state index contributed by atoms with van der Waals surface area (Å²) in [6.45, 7) is 5.91. The number of likely N-dealkylation sites (N-methyl/N-ethyl adjacent to an activating group) is 1. The zero-order valence-electron chi connectivity index (χ0n) is 22.3. The van der Waals surface area contributed by atoms with Gasteiger partial charge in [-0.25, -0.2) is 8.42 Å². The summed E-state index contributed by atoms with van der Waals surface area (Å²) >= 11 is 0. The topological polar surface area (TPSA) is 96.0 Å². The number of aryl methyl sites for hydroxylation is 1. The molecule has 3 aromatic carbocycles. The Morgan fingerprint density at radius 3 is 2.21 bits per heavy atom. The lowest BCUT2D eigenvalue weighted by molar-refractivity contribution is -0.139. The first-order valence-corrected chi connectivity index (χ1v) is 14.3. The minimum Gasteiger partial charge on any atom is -0.489 e. The molecule has 0 aliphatic rings. The van der Waals surface area contributed by atoms with Crippen LogP contribution in [0.5, 0.6) is 5.75 Å². The van der Waals surface area contributed by atoms with E-state index in [0.717, 1.165) is 27.3 Å². The molecule has 0 saturated heterocycles. The summed E-state index contributed by atoms with van der Waals surface area (Å²) in [6, 6.07) is 23.1. The van der Waals surface area contributed by atoms with E-state index in [4.69, 9.17) is 4.74 Å². The first-order chi connectivity index (χ1) is 18.1. The lowest BCUT2D eigenvalue weighted by Gasteiger charge is -2.31. The first kappa shape index (κ1) is 28.7. The fourth-order valence-corrected chi connectivity index (χ4v) is 4.82. The molecule has 0 bridgehead atoms. The first-order valence-electron chi connectivity index (χ1n) is 12.5. The number of nitrogens with one attached hydrogen (secondary N) is 1. The third-order valence-corrected chi connectivity index (χ3v) is 7.15. The second-order valence-corrected chi connectivity index (χ2v) is 11.0. The molecule has 3 rings (SSSR count). The number of hydrogen-bond donors (Lipinski definition) is 1. The van der Waals surface area contributed by atoms with Crippen LogP contribution in [-0.4, -0.2) is 50.5 Å². The van der Waals surface area contributed by atoms with E-state index in [9.17, 15) is 18.0 Å². The van der Waals surface area contributed by atoms with E-state index in [-0.39, 0.29) is 12.5 Å². The Kier molecular flexibility index (Phi) is 9.90. The smallest absolute Gasteiger partial charge is 0.244 e. The SMILES string of the molecule is CCNC(=O)C(C)N(Cc1cccc(C)c1)C(=O)CN(c1ccc(OCc2ccccc2)cc1)S(C)(=O)=O. The minimum atomic E-state index is -3.81. The quantitative estimate of drug-likeness (QED) is 0.378. The number of amides is 2. The van der Waals surface area contributed by atoms with Gasteiger partial charge in [0, 0.05) is 13.1 Å². The van der Waals surface area contributed by atoms with Gasteiger partial charge in [0.1, 0.15) is 24.9 Å². The van der Waals surface area contributed by atoms with Crippen LogP contribution in [0.3, 0.4) is 0 Å². The standard InChI is InChI=1S/C29H35N3O5S/c1-5-30-29(34)23(3)31(19-25-13-9-10-22(2)18-25)28(33)20-32(38(4,35)36)26-14-16-27(17-15-26)37-21-24-11-7-6-8-12-24/h6-18,23H,5,19-21H2,1-4H3,(H,30,34). The predicted octanol–water partition coefficient (Wildman–Crippen LogP) is 3.89. The molecular weight excluding hydrogens is 502 g/mol. The van der Waals surface area contributed by atoms with E-state index in [1.165, 1.54) is 4.90 Å². The molecule has 9 heteroatoms. The van der Waals surface area contributed by atoms with Crippen molar-refractivity contribution in [2.45, 2.75) is 40.0 Å². The summed E-state index contributed by atoms with van der Waals surface area (Å²) in [4.78, 5) is 27.6. The third-order valence-electron chi connectivity index (χ3n) is 6.01. The van der Waals surface area contributed by atoms with Crippen molar-refractivity contribution in [3.8, 4) is 5.75 Å². The van der Waals surface area contributed by atoms with E-state index in [1.54, 1.807) is 38.1 Å². The fourth-order valence-electron chi connectivity index (χ4n) is 3.97. The molecule has 1 unspecified atom stereocenters. The highest BCUT2D eigenvalue weighted by Crippen LogP contribution is 2.23. The zero-order chi connectivity index (χ0) is 27.7. The van der Waals surface area contributed by atoms with Gasteiger partial charge in [-0.1, -0.05) is 60.2 Å². The van der Waals surface area contributed by atoms with Crippen LogP contribution in [0.15, 0.2) is 78.9 Å². The Labute approximate surface area is 225 Å². The monoisotopic (exact) mass is 537 g/mol. The van der Waals surface area contributed by atoms with Crippen LogP contribution in [0, 0.1) is 6.92 Å². The zero-order valence-corrected chi connectivity index (χ0v) is 23.1. The molecule has 0 fully saturated rings. The van der Waals surface area contributed by atoms with Gasteiger partial charge in [-0.3, -0.25) is 13.9 Å². The summed E-state index contributed by atoms with van der Waals surface area (Å²) in [7, 11) is -3.81. The van der Waals surface area contributed by atoms with Crippen molar-refractivity contribution >= 4 is 27.5 Å². The van der Waals surface area contributed by atoms with Crippen molar-refractivity contribution in [2.24, 2.45) is 0 Å². The summed E-state index contributed by atoms with van der Waals surface area (Å²) in [6.07, 6.45) is 1.05. The number of rotatable bonds is 12. The molecular formula is C29H35N3O5S. The number of benzene rings is 3. The van der Waals surface area contributed by atoms with E-state index in [2.05, 4.69) is 5.32 Å². The van der Waals surface area contributed by atoms with Gasteiger partial charge in [0.15, 0.2) is 0 Å². The molecule has 0 aliphatic heterocycles. The van der Waals surface area contributed by atoms with Crippen LogP contribution in [0.2, 0.25) is 0 Å². The molecule has 0 saturated carbocycles. The summed E-state index contributed by atoms with van der Waals surface area (Å²) < 4.78 is 32.3. The van der Waals surface area contributed by atoms with Gasteiger partial charge >= 0.3 is 0 Å². The number of sulfonamides is 1. The van der Waals surface area contributed by atoms with Crippen molar-refractivity contribution in [3.63, 3.8) is 0 Å². The maximum Gasteiger partial charge on any atom is 0.244 e. The number of ether oxygens (including phenoxy) is 1. The molecule has 2 amide bonds. The van der Waals surface area contributed by atoms with E-state index >= 15 is 0 Å². The number of nitrogens with zero attached hydrogens (tertiary/aromatic N) is 2. The lowest BCUT2D eigenvalue weighted by Crippen LogP contribution is -2.51. The molecule has 0 radical (unpaired) electrons. The number of carbonyl (C=O) groups excluding carboxylic acids is 2. The van der Waals surface area contributed by atoms with Gasteiger partial charge in [-0.2, -0.15) is 0 Å². The lowest BCUT2D eigenvalue weighted by atomic mass is 10.1. The summed E-state index contributed by atoms with van der Waals surface area (Å²) in [5.41, 5.74) is 3.21. The van der Waals surface area contributed by atoms with Crippen LogP contribution in [0.4, 0.5) is 5.69 Å². The maximum absolute atomic E-state index is 13.6. The average Bonchev–Trinajstić information content (AvgIpc) is 2.89. The molecule has 0 spiro atoms. The molecule has 1 N–H and O–H groups in total. The highest BCUT2D eigenvalue weighted by atomic mass is 32.2. The average molecular weight is 538 g/mol. The van der Waals surface area contributed by atoms with Crippen LogP contribution in [-0.2, 0) is 32.8 Å². The summed E-state index contributed by atoms with van der Waals surface area (Å²) in [5.74, 6) is -0.220. The number of hydrogen-bond acceptors (Lipinski definition) is 5. The second kappa shape index (κ2) is 13.1. The molecule has 0 aromatic heterocycles. The van der Waals surface area contributed by atoms with E-state index < -0.39 is 28.5 Å². The van der Waals surface area contributed by atoms with Crippen LogP contribution in [0.25, 0.3) is 0 Å². The number of anilines is 1. The van der Waals surface area contributed by atoms with Crippen LogP contribution >= 0.6 is 0 Å². The molecule has 3 aromatic rings. The molecule has 38 heavy (non-hydrogen) atoms. The van der Waals surface area contributed by atoms with Gasteiger partial charge in [-0.15, -0.1) is 0 Å². The molecule has 0 aliphatic carbocycles. The second-order valence-electron chi connectivity index (χ2n) is 9.12. The molecule has 0 heterocycles. The van der Waals surface area contributed by atoms with Crippen LogP contribution in [0.1, 0.15) is 30.5 Å². The Hall–Kier alpha value is -3.85. The molecule has 8 nitrogen and oxygen atoms in total. The van der Waals surface area contributed by atoms with Crippen molar-refractivity contribution in [1.29, 1.82) is 0 Å². The van der Waals surface area contributed by atoms with Gasteiger partial charge in [0.2, 0.25) is 21.8 Å². The van der Waals surface area contributed by atoms with Gasteiger partial charge in [0.05, 0.1) is 11.9 Å². The van der Waals surface area contributed by atoms with Crippen molar-refractivity contribution in [2.75, 3.05) is 23.7 Å². The van der Waals surface area contributed by atoms with Crippen molar-refractivity contribution in [1.82, 2.24) is 10.2 Å². The van der Waals surface area contributed by atoms with Gasteiger partial charge < -0.3 is 15.0 Å². The Morgan fingerprint density at radius 1 is 0.947 bits per heavy atom.